The van der Waals surface area contributed by atoms with Crippen molar-refractivity contribution in [1.29, 1.82) is 0 Å². The minimum atomic E-state index is -0.955. The predicted molar refractivity (Wildman–Crippen MR) is 71.7 cm³/mol. The van der Waals surface area contributed by atoms with E-state index in [1.807, 2.05) is 13.8 Å². The Hall–Kier alpha value is -0.710. The molecule has 2 heterocycles. The molecular weight excluding hydrogens is 250 g/mol. The number of likely N-dealkylation sites (tertiary alicyclic amines) is 1. The Morgan fingerprint density at radius 3 is 2.56 bits per heavy atom. The molecule has 0 aromatic rings. The molecule has 2 fully saturated rings. The fraction of sp³-hybridized carbons (Fsp3) is 0.846. The molecule has 1 N–H and O–H groups in total. The quantitative estimate of drug-likeness (QED) is 0.854. The molecule has 2 saturated heterocycles. The Kier molecular flexibility index (Phi) is 3.63. The Morgan fingerprint density at radius 1 is 1.33 bits per heavy atom. The molecule has 0 aromatic heterocycles. The lowest BCUT2D eigenvalue weighted by atomic mass is 9.91. The Bertz CT molecular complexity index is 365. The van der Waals surface area contributed by atoms with Crippen LogP contribution < -0.4 is 0 Å². The van der Waals surface area contributed by atoms with Crippen molar-refractivity contribution in [1.82, 2.24) is 4.90 Å². The number of aliphatic carboxylic acids is 1. The third kappa shape index (κ3) is 1.92. The molecule has 1 amide bonds. The number of carbonyl (C=O) groups is 2. The molecule has 2 aliphatic rings. The number of nitrogens with zero attached hydrogens (tertiary/aromatic N) is 1. The number of carboxylic acid groups (broad SMARTS) is 1. The van der Waals surface area contributed by atoms with Gasteiger partial charge in [0.25, 0.3) is 0 Å². The minimum Gasteiger partial charge on any atom is -0.479 e. The van der Waals surface area contributed by atoms with E-state index in [4.69, 9.17) is 0 Å². The van der Waals surface area contributed by atoms with Gasteiger partial charge in [-0.2, -0.15) is 0 Å². The van der Waals surface area contributed by atoms with Gasteiger partial charge in [0, 0.05) is 6.54 Å². The van der Waals surface area contributed by atoms with Gasteiger partial charge in [0.05, 0.1) is 4.75 Å². The molecule has 4 nitrogen and oxygen atoms in total. The highest BCUT2D eigenvalue weighted by atomic mass is 32.2. The smallest absolute Gasteiger partial charge is 0.329 e. The van der Waals surface area contributed by atoms with Gasteiger partial charge in [-0.25, -0.2) is 4.79 Å². The zero-order chi connectivity index (χ0) is 13.4. The maximum absolute atomic E-state index is 12.7. The molecule has 0 aliphatic carbocycles. The van der Waals surface area contributed by atoms with E-state index in [0.717, 1.165) is 25.0 Å². The van der Waals surface area contributed by atoms with Crippen LogP contribution in [0.1, 0.15) is 46.0 Å². The van der Waals surface area contributed by atoms with E-state index in [1.54, 1.807) is 16.7 Å². The summed E-state index contributed by atoms with van der Waals surface area (Å²) in [6.45, 7) is 4.42. The third-order valence-corrected chi connectivity index (χ3v) is 5.90. The molecule has 2 atom stereocenters. The fourth-order valence-corrected chi connectivity index (χ4v) is 4.41. The summed E-state index contributed by atoms with van der Waals surface area (Å²) in [5, 5.41) is 9.51. The van der Waals surface area contributed by atoms with E-state index in [1.165, 1.54) is 0 Å². The number of carbonyl (C=O) groups excluding carboxylic acids is 1. The number of carboxylic acids is 1. The molecule has 0 saturated carbocycles. The van der Waals surface area contributed by atoms with Crippen LogP contribution >= 0.6 is 11.8 Å². The van der Waals surface area contributed by atoms with Crippen molar-refractivity contribution < 1.29 is 14.7 Å². The molecule has 2 rings (SSSR count). The fourth-order valence-electron chi connectivity index (χ4n) is 3.15. The summed E-state index contributed by atoms with van der Waals surface area (Å²) in [6.07, 6.45) is 3.80. The van der Waals surface area contributed by atoms with Crippen molar-refractivity contribution >= 4 is 23.6 Å². The number of rotatable bonds is 3. The topological polar surface area (TPSA) is 57.6 Å². The maximum atomic E-state index is 12.7. The molecular formula is C13H21NO3S. The number of hydrogen-bond acceptors (Lipinski definition) is 3. The highest BCUT2D eigenvalue weighted by Gasteiger charge is 2.52. The second-order valence-electron chi connectivity index (χ2n) is 5.43. The second kappa shape index (κ2) is 4.76. The van der Waals surface area contributed by atoms with Crippen LogP contribution in [0.4, 0.5) is 0 Å². The van der Waals surface area contributed by atoms with Crippen LogP contribution in [-0.4, -0.2) is 44.5 Å². The molecule has 102 valence electrons. The largest absolute Gasteiger partial charge is 0.479 e. The first-order chi connectivity index (χ1) is 8.46. The predicted octanol–water partition coefficient (Wildman–Crippen LogP) is 2.13. The average molecular weight is 271 g/mol. The lowest BCUT2D eigenvalue weighted by Gasteiger charge is -2.38. The van der Waals surface area contributed by atoms with Crippen LogP contribution in [0.25, 0.3) is 0 Å². The van der Waals surface area contributed by atoms with Crippen molar-refractivity contribution in [3.63, 3.8) is 0 Å². The standard InChI is InChI=1S/C13H21NO3S/c1-3-13(11(16)17)7-4-8-14(13)10(15)12(2)6-5-9-18-12/h3-9H2,1-2H3,(H,16,17). The lowest BCUT2D eigenvalue weighted by molar-refractivity contribution is -0.157. The Morgan fingerprint density at radius 2 is 2.06 bits per heavy atom. The summed E-state index contributed by atoms with van der Waals surface area (Å²) >= 11 is 1.68. The molecule has 5 heteroatoms. The van der Waals surface area contributed by atoms with Crippen LogP contribution in [-0.2, 0) is 9.59 Å². The van der Waals surface area contributed by atoms with Crippen LogP contribution in [0.3, 0.4) is 0 Å². The van der Waals surface area contributed by atoms with E-state index in [9.17, 15) is 14.7 Å². The summed E-state index contributed by atoms with van der Waals surface area (Å²) in [5.41, 5.74) is -0.955. The van der Waals surface area contributed by atoms with E-state index in [-0.39, 0.29) is 5.91 Å². The maximum Gasteiger partial charge on any atom is 0.329 e. The summed E-state index contributed by atoms with van der Waals surface area (Å²) in [4.78, 5) is 25.9. The van der Waals surface area contributed by atoms with Gasteiger partial charge in [0.1, 0.15) is 5.54 Å². The highest BCUT2D eigenvalue weighted by molar-refractivity contribution is 8.01. The molecule has 2 aliphatic heterocycles. The number of hydrogen-bond donors (Lipinski definition) is 1. The lowest BCUT2D eigenvalue weighted by Crippen LogP contribution is -2.57. The molecule has 2 unspecified atom stereocenters. The SMILES string of the molecule is CCC1(C(=O)O)CCCN1C(=O)C1(C)CCCS1. The van der Waals surface area contributed by atoms with Gasteiger partial charge in [-0.3, -0.25) is 4.79 Å². The van der Waals surface area contributed by atoms with Gasteiger partial charge in [-0.15, -0.1) is 11.8 Å². The van der Waals surface area contributed by atoms with Gasteiger partial charge in [-0.1, -0.05) is 6.92 Å². The average Bonchev–Trinajstić information content (AvgIpc) is 2.95. The van der Waals surface area contributed by atoms with Crippen LogP contribution in [0.5, 0.6) is 0 Å². The van der Waals surface area contributed by atoms with E-state index >= 15 is 0 Å². The van der Waals surface area contributed by atoms with Gasteiger partial charge in [0.15, 0.2) is 0 Å². The van der Waals surface area contributed by atoms with Crippen LogP contribution in [0.2, 0.25) is 0 Å². The molecule has 18 heavy (non-hydrogen) atoms. The first kappa shape index (κ1) is 13.7. The zero-order valence-electron chi connectivity index (χ0n) is 11.1. The van der Waals surface area contributed by atoms with Crippen LogP contribution in [0.15, 0.2) is 0 Å². The number of thioether (sulfide) groups is 1. The van der Waals surface area contributed by atoms with E-state index in [0.29, 0.717) is 19.4 Å². The highest BCUT2D eigenvalue weighted by Crippen LogP contribution is 2.43. The number of amides is 1. The Labute approximate surface area is 112 Å². The monoisotopic (exact) mass is 271 g/mol. The van der Waals surface area contributed by atoms with Gasteiger partial charge >= 0.3 is 5.97 Å². The van der Waals surface area contributed by atoms with Crippen molar-refractivity contribution in [2.75, 3.05) is 12.3 Å². The van der Waals surface area contributed by atoms with Crippen molar-refractivity contribution in [3.05, 3.63) is 0 Å². The van der Waals surface area contributed by atoms with E-state index < -0.39 is 16.3 Å². The third-order valence-electron chi connectivity index (χ3n) is 4.39. The zero-order valence-corrected chi connectivity index (χ0v) is 11.9. The molecule has 0 bridgehead atoms. The summed E-state index contributed by atoms with van der Waals surface area (Å²) in [7, 11) is 0. The summed E-state index contributed by atoms with van der Waals surface area (Å²) in [5.74, 6) is 0.191. The van der Waals surface area contributed by atoms with E-state index in [2.05, 4.69) is 0 Å². The van der Waals surface area contributed by atoms with Gasteiger partial charge in [-0.05, 0) is 44.8 Å². The van der Waals surface area contributed by atoms with Crippen molar-refractivity contribution in [2.24, 2.45) is 0 Å². The van der Waals surface area contributed by atoms with Crippen molar-refractivity contribution in [3.8, 4) is 0 Å². The normalized spacial score (nSPS) is 36.0. The van der Waals surface area contributed by atoms with Gasteiger partial charge in [0.2, 0.25) is 5.91 Å². The van der Waals surface area contributed by atoms with Crippen LogP contribution in [0, 0.1) is 0 Å². The summed E-state index contributed by atoms with van der Waals surface area (Å²) < 4.78 is -0.403. The van der Waals surface area contributed by atoms with Crippen molar-refractivity contribution in [2.45, 2.75) is 56.2 Å². The molecule has 0 radical (unpaired) electrons. The first-order valence-electron chi connectivity index (χ1n) is 6.66. The first-order valence-corrected chi connectivity index (χ1v) is 7.64. The molecule has 0 spiro atoms. The minimum absolute atomic E-state index is 0.0340. The Balaban J connectivity index is 2.26. The summed E-state index contributed by atoms with van der Waals surface area (Å²) in [6, 6.07) is 0. The second-order valence-corrected chi connectivity index (χ2v) is 7.03. The van der Waals surface area contributed by atoms with Gasteiger partial charge < -0.3 is 10.0 Å². The molecule has 0 aromatic carbocycles.